The van der Waals surface area contributed by atoms with Gasteiger partial charge in [0.2, 0.25) is 0 Å². The Morgan fingerprint density at radius 1 is 1.23 bits per heavy atom. The molecule has 5 nitrogen and oxygen atoms in total. The lowest BCUT2D eigenvalue weighted by atomic mass is 10.0. The molecule has 2 fully saturated rings. The van der Waals surface area contributed by atoms with E-state index in [2.05, 4.69) is 0 Å². The lowest BCUT2D eigenvalue weighted by Gasteiger charge is -2.37. The van der Waals surface area contributed by atoms with E-state index in [1.807, 2.05) is 0 Å². The number of carbonyl (C=O) groups excluding carboxylic acids is 1. The molecule has 0 aliphatic carbocycles. The monoisotopic (exact) mass is 345 g/mol. The van der Waals surface area contributed by atoms with Gasteiger partial charge in [0, 0.05) is 25.9 Å². The summed E-state index contributed by atoms with van der Waals surface area (Å²) in [5.41, 5.74) is 0. The largest absolute Gasteiger partial charge is 0.482 e. The number of nitrogens with zero attached hydrogens (tertiary/aromatic N) is 1. The molecule has 1 aromatic rings. The van der Waals surface area contributed by atoms with Crippen molar-refractivity contribution in [3.8, 4) is 5.75 Å². The first-order valence-corrected chi connectivity index (χ1v) is 7.98. The molecular weight excluding hydrogens is 329 g/mol. The molecule has 0 atom stereocenters. The maximum Gasteiger partial charge on any atom is 0.260 e. The molecule has 0 radical (unpaired) electrons. The van der Waals surface area contributed by atoms with Crippen LogP contribution >= 0.6 is 23.2 Å². The molecule has 0 unspecified atom stereocenters. The van der Waals surface area contributed by atoms with Crippen LogP contribution in [0.5, 0.6) is 5.75 Å². The van der Waals surface area contributed by atoms with Crippen LogP contribution in [0, 0.1) is 0 Å². The minimum atomic E-state index is -0.478. The number of carbonyl (C=O) groups is 1. The van der Waals surface area contributed by atoms with Crippen LogP contribution in [0.2, 0.25) is 10.0 Å². The number of hydrogen-bond donors (Lipinski definition) is 0. The standard InChI is InChI=1S/C15H17Cl2NO4/c16-11-2-1-3-12(14(11)17)20-10-13(19)18-6-4-15(5-7-18)21-8-9-22-15/h1-3H,4-10H2. The van der Waals surface area contributed by atoms with E-state index < -0.39 is 5.79 Å². The highest BCUT2D eigenvalue weighted by molar-refractivity contribution is 6.42. The van der Waals surface area contributed by atoms with Crippen LogP contribution in [0.4, 0.5) is 0 Å². The summed E-state index contributed by atoms with van der Waals surface area (Å²) in [5.74, 6) is -0.143. The highest BCUT2D eigenvalue weighted by Gasteiger charge is 2.40. The van der Waals surface area contributed by atoms with Gasteiger partial charge in [-0.2, -0.15) is 0 Å². The van der Waals surface area contributed by atoms with Gasteiger partial charge in [0.25, 0.3) is 5.91 Å². The summed E-state index contributed by atoms with van der Waals surface area (Å²) in [6, 6.07) is 5.09. The quantitative estimate of drug-likeness (QED) is 0.845. The average Bonchev–Trinajstić information content (AvgIpc) is 2.97. The highest BCUT2D eigenvalue weighted by atomic mass is 35.5. The zero-order valence-corrected chi connectivity index (χ0v) is 13.5. The molecule has 7 heteroatoms. The van der Waals surface area contributed by atoms with Crippen molar-refractivity contribution in [2.24, 2.45) is 0 Å². The van der Waals surface area contributed by atoms with Gasteiger partial charge in [-0.15, -0.1) is 0 Å². The van der Waals surface area contributed by atoms with E-state index in [0.29, 0.717) is 54.9 Å². The van der Waals surface area contributed by atoms with Gasteiger partial charge in [-0.3, -0.25) is 4.79 Å². The van der Waals surface area contributed by atoms with Gasteiger partial charge < -0.3 is 19.1 Å². The van der Waals surface area contributed by atoms with E-state index in [9.17, 15) is 4.79 Å². The van der Waals surface area contributed by atoms with E-state index >= 15 is 0 Å². The molecule has 1 amide bonds. The van der Waals surface area contributed by atoms with Crippen molar-refractivity contribution in [3.05, 3.63) is 28.2 Å². The number of hydrogen-bond acceptors (Lipinski definition) is 4. The number of halogens is 2. The Balaban J connectivity index is 1.51. The molecule has 1 aromatic carbocycles. The summed E-state index contributed by atoms with van der Waals surface area (Å²) in [4.78, 5) is 14.0. The van der Waals surface area contributed by atoms with E-state index in [0.717, 1.165) is 0 Å². The van der Waals surface area contributed by atoms with Crippen molar-refractivity contribution in [2.45, 2.75) is 18.6 Å². The summed E-state index contributed by atoms with van der Waals surface area (Å²) in [5, 5.41) is 0.726. The van der Waals surface area contributed by atoms with Gasteiger partial charge in [0.05, 0.1) is 18.2 Å². The third-order valence-electron chi connectivity index (χ3n) is 3.96. The van der Waals surface area contributed by atoms with Crippen LogP contribution in [0.15, 0.2) is 18.2 Å². The SMILES string of the molecule is O=C(COc1cccc(Cl)c1Cl)N1CCC2(CC1)OCCO2. The predicted molar refractivity (Wildman–Crippen MR) is 82.4 cm³/mol. The van der Waals surface area contributed by atoms with Crippen molar-refractivity contribution in [2.75, 3.05) is 32.9 Å². The van der Waals surface area contributed by atoms with Crippen molar-refractivity contribution in [1.29, 1.82) is 0 Å². The molecule has 22 heavy (non-hydrogen) atoms. The van der Waals surface area contributed by atoms with Crippen LogP contribution < -0.4 is 4.74 Å². The normalized spacial score (nSPS) is 20.4. The van der Waals surface area contributed by atoms with Gasteiger partial charge in [-0.05, 0) is 12.1 Å². The Hall–Kier alpha value is -1.01. The second-order valence-electron chi connectivity index (χ2n) is 5.33. The fourth-order valence-corrected chi connectivity index (χ4v) is 3.06. The van der Waals surface area contributed by atoms with E-state index in [4.69, 9.17) is 37.4 Å². The van der Waals surface area contributed by atoms with Crippen LogP contribution in [0.3, 0.4) is 0 Å². The van der Waals surface area contributed by atoms with E-state index in [-0.39, 0.29) is 12.5 Å². The van der Waals surface area contributed by atoms with Gasteiger partial charge in [0.15, 0.2) is 12.4 Å². The molecule has 2 aliphatic rings. The summed E-state index contributed by atoms with van der Waals surface area (Å²) in [6.45, 7) is 2.40. The maximum atomic E-state index is 12.2. The third kappa shape index (κ3) is 3.33. The van der Waals surface area contributed by atoms with Crippen molar-refractivity contribution in [3.63, 3.8) is 0 Å². The fraction of sp³-hybridized carbons (Fsp3) is 0.533. The zero-order valence-electron chi connectivity index (χ0n) is 12.0. The Kier molecular flexibility index (Phi) is 4.78. The molecule has 2 heterocycles. The third-order valence-corrected chi connectivity index (χ3v) is 4.76. The number of likely N-dealkylation sites (tertiary alicyclic amines) is 1. The lowest BCUT2D eigenvalue weighted by molar-refractivity contribution is -0.187. The number of piperidine rings is 1. The highest BCUT2D eigenvalue weighted by Crippen LogP contribution is 2.32. The van der Waals surface area contributed by atoms with E-state index in [1.54, 1.807) is 23.1 Å². The number of benzene rings is 1. The number of rotatable bonds is 3. The second-order valence-corrected chi connectivity index (χ2v) is 6.11. The van der Waals surface area contributed by atoms with E-state index in [1.165, 1.54) is 0 Å². The minimum absolute atomic E-state index is 0.0607. The fourth-order valence-electron chi connectivity index (χ4n) is 2.71. The molecule has 0 aromatic heterocycles. The maximum absolute atomic E-state index is 12.2. The van der Waals surface area contributed by atoms with Gasteiger partial charge >= 0.3 is 0 Å². The number of ether oxygens (including phenoxy) is 3. The average molecular weight is 346 g/mol. The Morgan fingerprint density at radius 2 is 1.91 bits per heavy atom. The molecule has 0 bridgehead atoms. The van der Waals surface area contributed by atoms with Gasteiger partial charge in [-0.25, -0.2) is 0 Å². The van der Waals surface area contributed by atoms with Crippen LogP contribution in [0.25, 0.3) is 0 Å². The van der Waals surface area contributed by atoms with Crippen LogP contribution in [0.1, 0.15) is 12.8 Å². The lowest BCUT2D eigenvalue weighted by Crippen LogP contribution is -2.48. The molecule has 0 saturated carbocycles. The van der Waals surface area contributed by atoms with Crippen molar-refractivity contribution in [1.82, 2.24) is 4.90 Å². The molecular formula is C15H17Cl2NO4. The van der Waals surface area contributed by atoms with Crippen molar-refractivity contribution < 1.29 is 19.0 Å². The molecule has 120 valence electrons. The van der Waals surface area contributed by atoms with Gasteiger partial charge in [-0.1, -0.05) is 29.3 Å². The van der Waals surface area contributed by atoms with Crippen molar-refractivity contribution >= 4 is 29.1 Å². The first-order chi connectivity index (χ1) is 10.6. The topological polar surface area (TPSA) is 48.0 Å². The Bertz CT molecular complexity index is 550. The summed E-state index contributed by atoms with van der Waals surface area (Å²) in [7, 11) is 0. The molecule has 2 saturated heterocycles. The Morgan fingerprint density at radius 3 is 2.59 bits per heavy atom. The molecule has 1 spiro atoms. The minimum Gasteiger partial charge on any atom is -0.482 e. The van der Waals surface area contributed by atoms with Crippen LogP contribution in [-0.4, -0.2) is 49.5 Å². The first-order valence-electron chi connectivity index (χ1n) is 7.22. The molecule has 0 N–H and O–H groups in total. The molecule has 2 aliphatic heterocycles. The van der Waals surface area contributed by atoms with Gasteiger partial charge in [0.1, 0.15) is 10.8 Å². The first kappa shape index (κ1) is 15.9. The number of amides is 1. The zero-order chi connectivity index (χ0) is 15.6. The Labute approximate surface area is 139 Å². The second kappa shape index (κ2) is 6.62. The van der Waals surface area contributed by atoms with Crippen LogP contribution in [-0.2, 0) is 14.3 Å². The summed E-state index contributed by atoms with van der Waals surface area (Å²) in [6.07, 6.45) is 1.38. The predicted octanol–water partition coefficient (Wildman–Crippen LogP) is 2.74. The molecule has 3 rings (SSSR count). The summed E-state index contributed by atoms with van der Waals surface area (Å²) < 4.78 is 16.8. The smallest absolute Gasteiger partial charge is 0.260 e. The summed E-state index contributed by atoms with van der Waals surface area (Å²) >= 11 is 11.9.